The third-order valence-electron chi connectivity index (χ3n) is 3.59. The van der Waals surface area contributed by atoms with E-state index in [0.717, 1.165) is 29.7 Å². The van der Waals surface area contributed by atoms with Gasteiger partial charge in [0.2, 0.25) is 0 Å². The average molecular weight is 328 g/mol. The molecule has 2 heterocycles. The molecule has 2 rings (SSSR count). The lowest BCUT2D eigenvalue weighted by atomic mass is 10.2. The fraction of sp³-hybridized carbons (Fsp3) is 0.643. The van der Waals surface area contributed by atoms with Crippen LogP contribution < -0.4 is 5.32 Å². The highest BCUT2D eigenvalue weighted by Crippen LogP contribution is 2.20. The maximum Gasteiger partial charge on any atom is 0.270 e. The molecule has 19 heavy (non-hydrogen) atoms. The third kappa shape index (κ3) is 3.39. The van der Waals surface area contributed by atoms with E-state index < -0.39 is 0 Å². The van der Waals surface area contributed by atoms with E-state index in [9.17, 15) is 4.79 Å². The molecule has 1 aromatic heterocycles. The lowest BCUT2D eigenvalue weighted by molar-refractivity contribution is 0.0771. The summed E-state index contributed by atoms with van der Waals surface area (Å²) in [4.78, 5) is 14.4. The predicted molar refractivity (Wildman–Crippen MR) is 80.5 cm³/mol. The van der Waals surface area contributed by atoms with E-state index in [2.05, 4.69) is 35.1 Å². The van der Waals surface area contributed by atoms with Gasteiger partial charge in [0.25, 0.3) is 5.91 Å². The van der Waals surface area contributed by atoms with Crippen LogP contribution in [-0.2, 0) is 0 Å². The van der Waals surface area contributed by atoms with Gasteiger partial charge in [0.05, 0.1) is 0 Å². The first-order valence-corrected chi connectivity index (χ1v) is 7.64. The first-order valence-electron chi connectivity index (χ1n) is 6.85. The Hall–Kier alpha value is -0.810. The van der Waals surface area contributed by atoms with Gasteiger partial charge in [-0.2, -0.15) is 0 Å². The van der Waals surface area contributed by atoms with E-state index in [1.807, 2.05) is 28.8 Å². The summed E-state index contributed by atoms with van der Waals surface area (Å²) in [7, 11) is 1.88. The summed E-state index contributed by atoms with van der Waals surface area (Å²) < 4.78 is 2.97. The van der Waals surface area contributed by atoms with Crippen LogP contribution in [0.1, 0.15) is 43.2 Å². The number of likely N-dealkylation sites (N-methyl/N-ethyl adjacent to an activating group) is 1. The highest BCUT2D eigenvalue weighted by molar-refractivity contribution is 9.10. The van der Waals surface area contributed by atoms with Crippen molar-refractivity contribution in [2.75, 3.05) is 20.1 Å². The van der Waals surface area contributed by atoms with Crippen molar-refractivity contribution in [3.05, 3.63) is 22.4 Å². The minimum absolute atomic E-state index is 0.0908. The number of hydrogen-bond donors (Lipinski definition) is 1. The first-order chi connectivity index (χ1) is 8.99. The van der Waals surface area contributed by atoms with Crippen molar-refractivity contribution in [1.29, 1.82) is 0 Å². The van der Waals surface area contributed by atoms with Crippen LogP contribution in [0.3, 0.4) is 0 Å². The number of carbonyl (C=O) groups is 1. The minimum atomic E-state index is 0.0908. The van der Waals surface area contributed by atoms with E-state index in [4.69, 9.17) is 0 Å². The molecule has 1 unspecified atom stereocenters. The van der Waals surface area contributed by atoms with Crippen molar-refractivity contribution in [3.63, 3.8) is 0 Å². The number of nitrogens with zero attached hydrogens (tertiary/aromatic N) is 2. The normalized spacial score (nSPS) is 19.1. The van der Waals surface area contributed by atoms with Gasteiger partial charge < -0.3 is 14.8 Å². The Balaban J connectivity index is 2.09. The Morgan fingerprint density at radius 1 is 1.63 bits per heavy atom. The van der Waals surface area contributed by atoms with Crippen LogP contribution in [0.2, 0.25) is 0 Å². The molecule has 1 amide bonds. The molecular formula is C14H22BrN3O. The van der Waals surface area contributed by atoms with Crippen LogP contribution in [0.15, 0.2) is 16.7 Å². The van der Waals surface area contributed by atoms with Crippen molar-refractivity contribution in [2.45, 2.75) is 38.8 Å². The summed E-state index contributed by atoms with van der Waals surface area (Å²) >= 11 is 3.45. The average Bonchev–Trinajstić information content (AvgIpc) is 2.97. The number of nitrogens with one attached hydrogen (secondary N) is 1. The monoisotopic (exact) mass is 327 g/mol. The molecule has 0 radical (unpaired) electrons. The van der Waals surface area contributed by atoms with Gasteiger partial charge in [-0.15, -0.1) is 0 Å². The molecule has 1 saturated heterocycles. The molecule has 1 aromatic rings. The number of halogens is 1. The van der Waals surface area contributed by atoms with Gasteiger partial charge in [0.15, 0.2) is 0 Å². The van der Waals surface area contributed by atoms with Gasteiger partial charge in [-0.25, -0.2) is 0 Å². The molecule has 0 saturated carbocycles. The quantitative estimate of drug-likeness (QED) is 0.923. The van der Waals surface area contributed by atoms with Crippen molar-refractivity contribution in [2.24, 2.45) is 0 Å². The summed E-state index contributed by atoms with van der Waals surface area (Å²) in [6.45, 7) is 6.02. The maximum absolute atomic E-state index is 12.5. The molecule has 1 fully saturated rings. The molecule has 106 valence electrons. The molecule has 1 atom stereocenters. The summed E-state index contributed by atoms with van der Waals surface area (Å²) in [5.74, 6) is 0.0908. The molecule has 0 bridgehead atoms. The van der Waals surface area contributed by atoms with Crippen molar-refractivity contribution >= 4 is 21.8 Å². The number of aromatic nitrogens is 1. The van der Waals surface area contributed by atoms with Crippen molar-refractivity contribution in [3.8, 4) is 0 Å². The Kier molecular flexibility index (Phi) is 4.68. The smallest absolute Gasteiger partial charge is 0.270 e. The highest BCUT2D eigenvalue weighted by Gasteiger charge is 2.22. The zero-order chi connectivity index (χ0) is 14.0. The van der Waals surface area contributed by atoms with Gasteiger partial charge in [0, 0.05) is 36.3 Å². The fourth-order valence-corrected chi connectivity index (χ4v) is 3.00. The summed E-state index contributed by atoms with van der Waals surface area (Å²) in [5.41, 5.74) is 0.752. The van der Waals surface area contributed by atoms with E-state index in [-0.39, 0.29) is 11.9 Å². The Bertz CT molecular complexity index is 450. The van der Waals surface area contributed by atoms with Crippen LogP contribution in [-0.4, -0.2) is 41.6 Å². The maximum atomic E-state index is 12.5. The van der Waals surface area contributed by atoms with Crippen LogP contribution in [0.25, 0.3) is 0 Å². The first kappa shape index (κ1) is 14.6. The van der Waals surface area contributed by atoms with Gasteiger partial charge >= 0.3 is 0 Å². The number of hydrogen-bond acceptors (Lipinski definition) is 2. The van der Waals surface area contributed by atoms with E-state index in [0.29, 0.717) is 6.04 Å². The van der Waals surface area contributed by atoms with Gasteiger partial charge in [-0.3, -0.25) is 4.79 Å². The van der Waals surface area contributed by atoms with Crippen LogP contribution >= 0.6 is 15.9 Å². The lowest BCUT2D eigenvalue weighted by Gasteiger charge is -2.22. The van der Waals surface area contributed by atoms with Crippen LogP contribution in [0, 0.1) is 0 Å². The van der Waals surface area contributed by atoms with E-state index >= 15 is 0 Å². The molecule has 1 aliphatic rings. The second kappa shape index (κ2) is 6.09. The molecule has 0 aliphatic carbocycles. The number of rotatable bonds is 4. The summed E-state index contributed by atoms with van der Waals surface area (Å²) in [5, 5.41) is 3.43. The molecule has 5 heteroatoms. The molecule has 1 aliphatic heterocycles. The van der Waals surface area contributed by atoms with Crippen LogP contribution in [0.5, 0.6) is 0 Å². The Morgan fingerprint density at radius 2 is 2.37 bits per heavy atom. The van der Waals surface area contributed by atoms with E-state index in [1.165, 1.54) is 6.42 Å². The zero-order valence-corrected chi connectivity index (χ0v) is 13.4. The minimum Gasteiger partial charge on any atom is -0.340 e. The fourth-order valence-electron chi connectivity index (χ4n) is 2.57. The third-order valence-corrected chi connectivity index (χ3v) is 4.03. The largest absolute Gasteiger partial charge is 0.340 e. The van der Waals surface area contributed by atoms with Crippen LogP contribution in [0.4, 0.5) is 0 Å². The zero-order valence-electron chi connectivity index (χ0n) is 11.8. The standard InChI is InChI=1S/C14H22BrN3O/c1-10(2)18-8-11(15)7-13(18)14(19)17(3)9-12-5-4-6-16-12/h7-8,10,12,16H,4-6,9H2,1-3H3. The SMILES string of the molecule is CC(C)n1cc(Br)cc1C(=O)N(C)CC1CCCN1. The molecule has 4 nitrogen and oxygen atoms in total. The predicted octanol–water partition coefficient (Wildman–Crippen LogP) is 2.66. The van der Waals surface area contributed by atoms with Crippen molar-refractivity contribution in [1.82, 2.24) is 14.8 Å². The lowest BCUT2D eigenvalue weighted by Crippen LogP contribution is -2.39. The second-order valence-electron chi connectivity index (χ2n) is 5.52. The molecule has 1 N–H and O–H groups in total. The second-order valence-corrected chi connectivity index (χ2v) is 6.44. The van der Waals surface area contributed by atoms with Gasteiger partial charge in [-0.05, 0) is 55.2 Å². The topological polar surface area (TPSA) is 37.3 Å². The van der Waals surface area contributed by atoms with Crippen molar-refractivity contribution < 1.29 is 4.79 Å². The molecule has 0 aromatic carbocycles. The Labute approximate surface area is 123 Å². The summed E-state index contributed by atoms with van der Waals surface area (Å²) in [6, 6.07) is 2.63. The molecular weight excluding hydrogens is 306 g/mol. The Morgan fingerprint density at radius 3 is 2.95 bits per heavy atom. The van der Waals surface area contributed by atoms with Gasteiger partial charge in [-0.1, -0.05) is 0 Å². The van der Waals surface area contributed by atoms with E-state index in [1.54, 1.807) is 0 Å². The highest BCUT2D eigenvalue weighted by atomic mass is 79.9. The van der Waals surface area contributed by atoms with Gasteiger partial charge in [0.1, 0.15) is 5.69 Å². The number of amides is 1. The number of carbonyl (C=O) groups excluding carboxylic acids is 1. The molecule has 0 spiro atoms. The summed E-state index contributed by atoms with van der Waals surface area (Å²) in [6.07, 6.45) is 4.34.